The zero-order valence-corrected chi connectivity index (χ0v) is 15.0. The first-order valence-electron chi connectivity index (χ1n) is 6.66. The molecule has 8 heteroatoms. The second-order valence-corrected chi connectivity index (χ2v) is 6.29. The van der Waals surface area contributed by atoms with Crippen molar-refractivity contribution in [2.75, 3.05) is 0 Å². The number of carbonyl (C=O) groups excluding carboxylic acids is 2. The van der Waals surface area contributed by atoms with E-state index in [9.17, 15) is 9.59 Å². The third-order valence-electron chi connectivity index (χ3n) is 2.74. The molecule has 0 saturated carbocycles. The topological polar surface area (TPSA) is 52.6 Å². The number of hydrogen-bond donors (Lipinski definition) is 0. The van der Waals surface area contributed by atoms with E-state index in [-0.39, 0.29) is 28.6 Å². The van der Waals surface area contributed by atoms with E-state index in [0.717, 1.165) is 0 Å². The van der Waals surface area contributed by atoms with Gasteiger partial charge in [-0.15, -0.1) is 0 Å². The molecule has 0 fully saturated rings. The summed E-state index contributed by atoms with van der Waals surface area (Å²) < 4.78 is 10.1. The lowest BCUT2D eigenvalue weighted by Gasteiger charge is -2.09. The molecule has 2 aromatic carbocycles. The highest BCUT2D eigenvalue weighted by atomic mass is 35.5. The van der Waals surface area contributed by atoms with Crippen molar-refractivity contribution in [1.29, 1.82) is 0 Å². The maximum absolute atomic E-state index is 11.8. The van der Waals surface area contributed by atoms with E-state index in [1.807, 2.05) is 0 Å². The summed E-state index contributed by atoms with van der Waals surface area (Å²) in [5.41, 5.74) is 0. The molecule has 0 aliphatic heterocycles. The highest BCUT2D eigenvalue weighted by molar-refractivity contribution is 6.40. The Kier molecular flexibility index (Phi) is 6.75. The van der Waals surface area contributed by atoms with Gasteiger partial charge in [0.25, 0.3) is 0 Å². The lowest BCUT2D eigenvalue weighted by Crippen LogP contribution is -2.14. The Bertz CT molecular complexity index is 753. The molecule has 2 aromatic rings. The monoisotopic (exact) mass is 406 g/mol. The van der Waals surface area contributed by atoms with Gasteiger partial charge >= 0.3 is 11.9 Å². The van der Waals surface area contributed by atoms with Crippen molar-refractivity contribution in [1.82, 2.24) is 0 Å². The van der Waals surface area contributed by atoms with E-state index in [1.54, 1.807) is 18.2 Å². The Morgan fingerprint density at radius 2 is 1.38 bits per heavy atom. The van der Waals surface area contributed by atoms with Crippen LogP contribution in [0.15, 0.2) is 36.4 Å². The van der Waals surface area contributed by atoms with Crippen molar-refractivity contribution in [3.63, 3.8) is 0 Å². The van der Waals surface area contributed by atoms with E-state index in [0.29, 0.717) is 15.8 Å². The molecule has 0 aromatic heterocycles. The normalized spacial score (nSPS) is 10.3. The summed E-state index contributed by atoms with van der Waals surface area (Å²) in [4.78, 5) is 23.5. The summed E-state index contributed by atoms with van der Waals surface area (Å²) in [6.45, 7) is 0. The van der Waals surface area contributed by atoms with Crippen LogP contribution in [0.4, 0.5) is 0 Å². The summed E-state index contributed by atoms with van der Waals surface area (Å²) in [6.07, 6.45) is -0.372. The molecule has 0 bridgehead atoms. The molecule has 0 atom stereocenters. The summed E-state index contributed by atoms with van der Waals surface area (Å²) in [5, 5.41) is 0.950. The molecule has 0 aliphatic carbocycles. The standard InChI is InChI=1S/C16H10Cl4O4/c17-9-2-1-3-11(6-9)23-14(21)4-5-15(22)24-16-12(19)7-10(18)8-13(16)20/h1-3,6-8H,4-5H2. The van der Waals surface area contributed by atoms with Crippen molar-refractivity contribution in [3.05, 3.63) is 56.5 Å². The Labute approximate surface area is 158 Å². The molecular formula is C16H10Cl4O4. The van der Waals surface area contributed by atoms with Crippen LogP contribution >= 0.6 is 46.4 Å². The van der Waals surface area contributed by atoms with Crippen molar-refractivity contribution >= 4 is 58.3 Å². The minimum Gasteiger partial charge on any atom is -0.426 e. The van der Waals surface area contributed by atoms with Crippen molar-refractivity contribution in [3.8, 4) is 11.5 Å². The number of hydrogen-bond acceptors (Lipinski definition) is 4. The molecule has 126 valence electrons. The predicted molar refractivity (Wildman–Crippen MR) is 93.4 cm³/mol. The first-order chi connectivity index (χ1) is 11.3. The van der Waals surface area contributed by atoms with Crippen LogP contribution in [-0.4, -0.2) is 11.9 Å². The van der Waals surface area contributed by atoms with Crippen LogP contribution in [0.5, 0.6) is 11.5 Å². The molecule has 0 heterocycles. The Balaban J connectivity index is 1.88. The van der Waals surface area contributed by atoms with Gasteiger partial charge in [0.05, 0.1) is 22.9 Å². The van der Waals surface area contributed by atoms with E-state index in [2.05, 4.69) is 0 Å². The summed E-state index contributed by atoms with van der Waals surface area (Å²) >= 11 is 23.4. The highest BCUT2D eigenvalue weighted by Crippen LogP contribution is 2.36. The molecule has 2 rings (SSSR count). The van der Waals surface area contributed by atoms with Gasteiger partial charge in [-0.3, -0.25) is 9.59 Å². The van der Waals surface area contributed by atoms with Gasteiger partial charge < -0.3 is 9.47 Å². The van der Waals surface area contributed by atoms with Gasteiger partial charge in [-0.1, -0.05) is 52.5 Å². The molecule has 0 amide bonds. The van der Waals surface area contributed by atoms with E-state index < -0.39 is 11.9 Å². The number of halogens is 4. The Morgan fingerprint density at radius 3 is 1.96 bits per heavy atom. The molecule has 0 unspecified atom stereocenters. The van der Waals surface area contributed by atoms with Crippen LogP contribution < -0.4 is 9.47 Å². The Morgan fingerprint density at radius 1 is 0.792 bits per heavy atom. The van der Waals surface area contributed by atoms with Gasteiger partial charge in [-0.05, 0) is 30.3 Å². The first-order valence-corrected chi connectivity index (χ1v) is 8.18. The highest BCUT2D eigenvalue weighted by Gasteiger charge is 2.16. The predicted octanol–water partition coefficient (Wildman–Crippen LogP) is 5.59. The smallest absolute Gasteiger partial charge is 0.311 e. The number of carbonyl (C=O) groups is 2. The van der Waals surface area contributed by atoms with Gasteiger partial charge in [-0.25, -0.2) is 0 Å². The average Bonchev–Trinajstić information content (AvgIpc) is 2.49. The maximum atomic E-state index is 11.8. The molecular weight excluding hydrogens is 398 g/mol. The van der Waals surface area contributed by atoms with Gasteiger partial charge in [-0.2, -0.15) is 0 Å². The third-order valence-corrected chi connectivity index (χ3v) is 3.75. The van der Waals surface area contributed by atoms with Crippen LogP contribution in [0.2, 0.25) is 20.1 Å². The fraction of sp³-hybridized carbons (Fsp3) is 0.125. The van der Waals surface area contributed by atoms with Gasteiger partial charge in [0.15, 0.2) is 5.75 Å². The van der Waals surface area contributed by atoms with Crippen molar-refractivity contribution in [2.24, 2.45) is 0 Å². The van der Waals surface area contributed by atoms with Crippen molar-refractivity contribution < 1.29 is 19.1 Å². The number of benzene rings is 2. The maximum Gasteiger partial charge on any atom is 0.311 e. The zero-order valence-electron chi connectivity index (χ0n) is 12.0. The van der Waals surface area contributed by atoms with Crippen LogP contribution in [0, 0.1) is 0 Å². The van der Waals surface area contributed by atoms with Crippen LogP contribution in [0.1, 0.15) is 12.8 Å². The van der Waals surface area contributed by atoms with Crippen LogP contribution in [0.25, 0.3) is 0 Å². The second-order valence-electron chi connectivity index (χ2n) is 4.60. The summed E-state index contributed by atoms with van der Waals surface area (Å²) in [6, 6.07) is 9.15. The van der Waals surface area contributed by atoms with Gasteiger partial charge in [0.2, 0.25) is 0 Å². The minimum absolute atomic E-state index is 0.00376. The lowest BCUT2D eigenvalue weighted by atomic mass is 10.3. The lowest BCUT2D eigenvalue weighted by molar-refractivity contribution is -0.140. The molecule has 24 heavy (non-hydrogen) atoms. The quantitative estimate of drug-likeness (QED) is 0.478. The summed E-state index contributed by atoms with van der Waals surface area (Å²) in [5.74, 6) is -0.979. The molecule has 0 radical (unpaired) electrons. The molecule has 4 nitrogen and oxygen atoms in total. The number of esters is 2. The van der Waals surface area contributed by atoms with Gasteiger partial charge in [0, 0.05) is 10.0 Å². The summed E-state index contributed by atoms with van der Waals surface area (Å²) in [7, 11) is 0. The average molecular weight is 408 g/mol. The fourth-order valence-electron chi connectivity index (χ4n) is 1.71. The van der Waals surface area contributed by atoms with E-state index in [1.165, 1.54) is 18.2 Å². The van der Waals surface area contributed by atoms with E-state index >= 15 is 0 Å². The zero-order chi connectivity index (χ0) is 17.7. The van der Waals surface area contributed by atoms with Crippen LogP contribution in [0.3, 0.4) is 0 Å². The van der Waals surface area contributed by atoms with E-state index in [4.69, 9.17) is 55.9 Å². The number of ether oxygens (including phenoxy) is 2. The fourth-order valence-corrected chi connectivity index (χ4v) is 2.78. The third kappa shape index (κ3) is 5.56. The first kappa shape index (κ1) is 18.9. The van der Waals surface area contributed by atoms with Crippen molar-refractivity contribution in [2.45, 2.75) is 12.8 Å². The number of rotatable bonds is 5. The SMILES string of the molecule is O=C(CCC(=O)Oc1c(Cl)cc(Cl)cc1Cl)Oc1cccc(Cl)c1. The molecule has 0 N–H and O–H groups in total. The van der Waals surface area contributed by atoms with Crippen LogP contribution in [-0.2, 0) is 9.59 Å². The largest absolute Gasteiger partial charge is 0.426 e. The molecule has 0 aliphatic rings. The van der Waals surface area contributed by atoms with Gasteiger partial charge in [0.1, 0.15) is 5.75 Å². The Hall–Kier alpha value is -1.46. The minimum atomic E-state index is -0.677. The second kappa shape index (κ2) is 8.58. The molecule has 0 spiro atoms. The molecule has 0 saturated heterocycles.